The number of carboxylic acid groups (broad SMARTS) is 1. The van der Waals surface area contributed by atoms with Gasteiger partial charge in [0.25, 0.3) is 0 Å². The predicted molar refractivity (Wildman–Crippen MR) is 74.6 cm³/mol. The second-order valence-electron chi connectivity index (χ2n) is 4.99. The Balaban J connectivity index is 2.22. The van der Waals surface area contributed by atoms with Crippen LogP contribution >= 0.6 is 0 Å². The lowest BCUT2D eigenvalue weighted by atomic mass is 9.99. The summed E-state index contributed by atoms with van der Waals surface area (Å²) >= 11 is 0. The molecule has 2 aromatic heterocycles. The van der Waals surface area contributed by atoms with Crippen LogP contribution in [0.15, 0.2) is 34.9 Å². The van der Waals surface area contributed by atoms with Crippen molar-refractivity contribution in [2.24, 2.45) is 0 Å². The van der Waals surface area contributed by atoms with Crippen LogP contribution in [-0.2, 0) is 10.3 Å². The first-order valence-electron chi connectivity index (χ1n) is 6.57. The van der Waals surface area contributed by atoms with E-state index >= 15 is 0 Å². The lowest BCUT2D eigenvalue weighted by Crippen LogP contribution is -2.39. The third-order valence-corrected chi connectivity index (χ3v) is 3.81. The number of furan rings is 1. The molecule has 0 aliphatic rings. The molecule has 3 aromatic rings. The Morgan fingerprint density at radius 3 is 2.90 bits per heavy atom. The molecule has 21 heavy (non-hydrogen) atoms. The molecule has 2 heterocycles. The number of tetrazole rings is 1. The summed E-state index contributed by atoms with van der Waals surface area (Å²) in [6.07, 6.45) is 1.90. The maximum Gasteiger partial charge on any atom is 0.331 e. The Labute approximate surface area is 120 Å². The maximum absolute atomic E-state index is 11.6. The number of benzene rings is 1. The fourth-order valence-electron chi connectivity index (χ4n) is 2.23. The SMILES string of the molecule is CCC(C)(C(=O)O)n1nnnc1-c1coc2ccccc12. The van der Waals surface area contributed by atoms with Gasteiger partial charge in [-0.3, -0.25) is 0 Å². The Hall–Kier alpha value is -2.70. The van der Waals surface area contributed by atoms with Gasteiger partial charge in [-0.2, -0.15) is 0 Å². The van der Waals surface area contributed by atoms with Crippen molar-refractivity contribution in [1.29, 1.82) is 0 Å². The zero-order valence-electron chi connectivity index (χ0n) is 11.6. The molecule has 1 aromatic carbocycles. The molecule has 7 nitrogen and oxygen atoms in total. The van der Waals surface area contributed by atoms with Crippen molar-refractivity contribution in [1.82, 2.24) is 20.2 Å². The topological polar surface area (TPSA) is 94.0 Å². The molecule has 0 radical (unpaired) electrons. The number of fused-ring (bicyclic) bond motifs is 1. The molecule has 1 atom stereocenters. The largest absolute Gasteiger partial charge is 0.479 e. The van der Waals surface area contributed by atoms with E-state index < -0.39 is 11.5 Å². The van der Waals surface area contributed by atoms with Crippen LogP contribution in [0, 0.1) is 0 Å². The first-order chi connectivity index (χ1) is 10.1. The quantitative estimate of drug-likeness (QED) is 0.790. The molecule has 108 valence electrons. The minimum Gasteiger partial charge on any atom is -0.479 e. The van der Waals surface area contributed by atoms with E-state index in [9.17, 15) is 9.90 Å². The highest BCUT2D eigenvalue weighted by molar-refractivity contribution is 5.92. The molecule has 0 fully saturated rings. The van der Waals surface area contributed by atoms with E-state index in [1.165, 1.54) is 4.68 Å². The second-order valence-corrected chi connectivity index (χ2v) is 4.99. The summed E-state index contributed by atoms with van der Waals surface area (Å²) < 4.78 is 6.82. The fraction of sp³-hybridized carbons (Fsp3) is 0.286. The first kappa shape index (κ1) is 13.3. The van der Waals surface area contributed by atoms with Crippen molar-refractivity contribution in [3.8, 4) is 11.4 Å². The number of hydrogen-bond acceptors (Lipinski definition) is 5. The van der Waals surface area contributed by atoms with Crippen molar-refractivity contribution in [2.75, 3.05) is 0 Å². The van der Waals surface area contributed by atoms with Crippen molar-refractivity contribution in [3.05, 3.63) is 30.5 Å². The molecule has 0 spiro atoms. The smallest absolute Gasteiger partial charge is 0.331 e. The van der Waals surface area contributed by atoms with E-state index in [4.69, 9.17) is 4.42 Å². The normalized spacial score (nSPS) is 14.2. The van der Waals surface area contributed by atoms with Gasteiger partial charge < -0.3 is 9.52 Å². The van der Waals surface area contributed by atoms with E-state index in [0.29, 0.717) is 23.4 Å². The zero-order chi connectivity index (χ0) is 15.0. The summed E-state index contributed by atoms with van der Waals surface area (Å²) in [5, 5.41) is 21.8. The van der Waals surface area contributed by atoms with Gasteiger partial charge in [0, 0.05) is 5.39 Å². The molecule has 0 bridgehead atoms. The van der Waals surface area contributed by atoms with Crippen LogP contribution in [0.3, 0.4) is 0 Å². The van der Waals surface area contributed by atoms with E-state index in [2.05, 4.69) is 15.5 Å². The Morgan fingerprint density at radius 2 is 2.19 bits per heavy atom. The van der Waals surface area contributed by atoms with Crippen molar-refractivity contribution >= 4 is 16.9 Å². The van der Waals surface area contributed by atoms with Crippen molar-refractivity contribution in [2.45, 2.75) is 25.8 Å². The average molecular weight is 286 g/mol. The van der Waals surface area contributed by atoms with Crippen molar-refractivity contribution < 1.29 is 14.3 Å². The van der Waals surface area contributed by atoms with Gasteiger partial charge in [0.15, 0.2) is 11.4 Å². The minimum atomic E-state index is -1.21. The summed E-state index contributed by atoms with van der Waals surface area (Å²) in [4.78, 5) is 11.6. The number of carbonyl (C=O) groups is 1. The molecular formula is C14H14N4O3. The number of para-hydroxylation sites is 1. The standard InChI is InChI=1S/C14H14N4O3/c1-3-14(2,13(19)20)18-12(15-16-17-18)10-8-21-11-7-5-4-6-9(10)11/h4-8H,3H2,1-2H3,(H,19,20). The van der Waals surface area contributed by atoms with Crippen LogP contribution in [0.1, 0.15) is 20.3 Å². The Kier molecular flexibility index (Phi) is 2.97. The predicted octanol–water partition coefficient (Wildman–Crippen LogP) is 2.30. The molecule has 1 unspecified atom stereocenters. The van der Waals surface area contributed by atoms with Gasteiger partial charge in [-0.1, -0.05) is 25.1 Å². The van der Waals surface area contributed by atoms with Gasteiger partial charge in [0.1, 0.15) is 11.8 Å². The van der Waals surface area contributed by atoms with E-state index in [1.807, 2.05) is 24.3 Å². The molecule has 0 saturated carbocycles. The summed E-state index contributed by atoms with van der Waals surface area (Å²) in [5.74, 6) is -0.599. The molecule has 0 amide bonds. The third kappa shape index (κ3) is 1.89. The van der Waals surface area contributed by atoms with E-state index in [-0.39, 0.29) is 0 Å². The highest BCUT2D eigenvalue weighted by Gasteiger charge is 2.37. The summed E-state index contributed by atoms with van der Waals surface area (Å²) in [5.41, 5.74) is 0.170. The highest BCUT2D eigenvalue weighted by Crippen LogP contribution is 2.32. The third-order valence-electron chi connectivity index (χ3n) is 3.81. The number of carboxylic acids is 1. The number of aliphatic carboxylic acids is 1. The molecule has 3 rings (SSSR count). The lowest BCUT2D eigenvalue weighted by Gasteiger charge is -2.23. The molecular weight excluding hydrogens is 272 g/mol. The van der Waals surface area contributed by atoms with Gasteiger partial charge >= 0.3 is 5.97 Å². The number of rotatable bonds is 4. The Bertz CT molecular complexity index is 807. The summed E-state index contributed by atoms with van der Waals surface area (Å²) in [6, 6.07) is 7.47. The number of nitrogens with zero attached hydrogens (tertiary/aromatic N) is 4. The maximum atomic E-state index is 11.6. The first-order valence-corrected chi connectivity index (χ1v) is 6.57. The summed E-state index contributed by atoms with van der Waals surface area (Å²) in [6.45, 7) is 3.38. The molecule has 0 aliphatic heterocycles. The summed E-state index contributed by atoms with van der Waals surface area (Å²) in [7, 11) is 0. The van der Waals surface area contributed by atoms with Gasteiger partial charge in [0.2, 0.25) is 0 Å². The van der Waals surface area contributed by atoms with Gasteiger partial charge in [-0.25, -0.2) is 9.48 Å². The molecule has 1 N–H and O–H groups in total. The minimum absolute atomic E-state index is 0.357. The lowest BCUT2D eigenvalue weighted by molar-refractivity contribution is -0.147. The van der Waals surface area contributed by atoms with Crippen molar-refractivity contribution in [3.63, 3.8) is 0 Å². The average Bonchev–Trinajstić information content (AvgIpc) is 3.12. The molecule has 0 aliphatic carbocycles. The van der Waals surface area contributed by atoms with Crippen LogP contribution in [0.4, 0.5) is 0 Å². The van der Waals surface area contributed by atoms with Crippen LogP contribution in [0.5, 0.6) is 0 Å². The van der Waals surface area contributed by atoms with Crippen LogP contribution in [-0.4, -0.2) is 31.3 Å². The zero-order valence-corrected chi connectivity index (χ0v) is 11.6. The Morgan fingerprint density at radius 1 is 1.43 bits per heavy atom. The monoisotopic (exact) mass is 286 g/mol. The fourth-order valence-corrected chi connectivity index (χ4v) is 2.23. The van der Waals surface area contributed by atoms with Gasteiger partial charge in [0.05, 0.1) is 5.56 Å². The molecule has 0 saturated heterocycles. The van der Waals surface area contributed by atoms with E-state index in [1.54, 1.807) is 20.1 Å². The van der Waals surface area contributed by atoms with Gasteiger partial charge in [-0.05, 0) is 29.8 Å². The highest BCUT2D eigenvalue weighted by atomic mass is 16.4. The number of aromatic nitrogens is 4. The van der Waals surface area contributed by atoms with Crippen LogP contribution < -0.4 is 0 Å². The number of hydrogen-bond donors (Lipinski definition) is 1. The van der Waals surface area contributed by atoms with Crippen LogP contribution in [0.2, 0.25) is 0 Å². The van der Waals surface area contributed by atoms with E-state index in [0.717, 1.165) is 5.39 Å². The molecule has 7 heteroatoms. The van der Waals surface area contributed by atoms with Gasteiger partial charge in [-0.15, -0.1) is 5.10 Å². The van der Waals surface area contributed by atoms with Crippen LogP contribution in [0.25, 0.3) is 22.4 Å². The second kappa shape index (κ2) is 4.69.